The molecular weight excluding hydrogens is 176 g/mol. The first-order chi connectivity index (χ1) is 5.12. The lowest BCUT2D eigenvalue weighted by Gasteiger charge is -2.20. The van der Waals surface area contributed by atoms with Crippen molar-refractivity contribution in [1.29, 1.82) is 0 Å². The fourth-order valence-electron chi connectivity index (χ4n) is 1.10. The summed E-state index contributed by atoms with van der Waals surface area (Å²) in [5.74, 6) is 2.82. The number of hydrogen-bond acceptors (Lipinski definition) is 3. The lowest BCUT2D eigenvalue weighted by molar-refractivity contribution is -0.117. The zero-order valence-corrected chi connectivity index (χ0v) is 8.69. The SMILES string of the molecule is CC(=O)CCC1(C)SCCS1. The summed E-state index contributed by atoms with van der Waals surface area (Å²) in [5, 5.41) is 0. The molecule has 1 nitrogen and oxygen atoms in total. The highest BCUT2D eigenvalue weighted by atomic mass is 32.2. The van der Waals surface area contributed by atoms with E-state index in [0.29, 0.717) is 9.86 Å². The van der Waals surface area contributed by atoms with E-state index in [-0.39, 0.29) is 0 Å². The van der Waals surface area contributed by atoms with Gasteiger partial charge in [0.2, 0.25) is 0 Å². The van der Waals surface area contributed by atoms with Crippen molar-refractivity contribution in [2.75, 3.05) is 11.5 Å². The smallest absolute Gasteiger partial charge is 0.129 e. The second-order valence-corrected chi connectivity index (χ2v) is 6.49. The molecule has 0 unspecified atom stereocenters. The highest BCUT2D eigenvalue weighted by molar-refractivity contribution is 8.21. The van der Waals surface area contributed by atoms with Gasteiger partial charge in [0.15, 0.2) is 0 Å². The molecule has 0 atom stereocenters. The van der Waals surface area contributed by atoms with E-state index in [9.17, 15) is 4.79 Å². The van der Waals surface area contributed by atoms with E-state index in [1.807, 2.05) is 23.5 Å². The van der Waals surface area contributed by atoms with Crippen LogP contribution in [0.1, 0.15) is 26.7 Å². The average molecular weight is 190 g/mol. The van der Waals surface area contributed by atoms with Crippen molar-refractivity contribution in [3.05, 3.63) is 0 Å². The van der Waals surface area contributed by atoms with Crippen LogP contribution in [0, 0.1) is 0 Å². The minimum absolute atomic E-state index is 0.319. The van der Waals surface area contributed by atoms with E-state index >= 15 is 0 Å². The molecule has 0 spiro atoms. The largest absolute Gasteiger partial charge is 0.300 e. The normalized spacial score (nSPS) is 22.0. The van der Waals surface area contributed by atoms with Crippen LogP contribution >= 0.6 is 23.5 Å². The number of rotatable bonds is 3. The average Bonchev–Trinajstić information content (AvgIpc) is 2.33. The van der Waals surface area contributed by atoms with Crippen LogP contribution in [0.2, 0.25) is 0 Å². The molecule has 0 amide bonds. The number of carbonyl (C=O) groups is 1. The summed E-state index contributed by atoms with van der Waals surface area (Å²) < 4.78 is 0.339. The standard InChI is InChI=1S/C8H14OS2/c1-7(9)3-4-8(2)10-5-6-11-8/h3-6H2,1-2H3. The minimum atomic E-state index is 0.319. The van der Waals surface area contributed by atoms with Crippen LogP contribution < -0.4 is 0 Å². The Hall–Kier alpha value is 0.370. The monoisotopic (exact) mass is 190 g/mol. The molecule has 3 heteroatoms. The first-order valence-electron chi connectivity index (χ1n) is 3.90. The van der Waals surface area contributed by atoms with Gasteiger partial charge in [0.05, 0.1) is 4.08 Å². The van der Waals surface area contributed by atoms with E-state index in [1.54, 1.807) is 6.92 Å². The van der Waals surface area contributed by atoms with Gasteiger partial charge in [-0.05, 0) is 20.3 Å². The van der Waals surface area contributed by atoms with Crippen LogP contribution in [0.4, 0.5) is 0 Å². The van der Waals surface area contributed by atoms with Gasteiger partial charge in [-0.2, -0.15) is 0 Å². The molecule has 0 N–H and O–H groups in total. The summed E-state index contributed by atoms with van der Waals surface area (Å²) in [6.07, 6.45) is 1.79. The maximum Gasteiger partial charge on any atom is 0.129 e. The van der Waals surface area contributed by atoms with Gasteiger partial charge in [-0.3, -0.25) is 0 Å². The fraction of sp³-hybridized carbons (Fsp3) is 0.875. The molecule has 1 rings (SSSR count). The van der Waals surface area contributed by atoms with E-state index < -0.39 is 0 Å². The van der Waals surface area contributed by atoms with Crippen LogP contribution in [0.3, 0.4) is 0 Å². The number of carbonyl (C=O) groups excluding carboxylic acids is 1. The third kappa shape index (κ3) is 3.08. The van der Waals surface area contributed by atoms with E-state index in [2.05, 4.69) is 6.92 Å². The van der Waals surface area contributed by atoms with Crippen molar-refractivity contribution in [2.24, 2.45) is 0 Å². The Morgan fingerprint density at radius 3 is 2.45 bits per heavy atom. The van der Waals surface area contributed by atoms with Crippen molar-refractivity contribution in [3.8, 4) is 0 Å². The molecule has 1 heterocycles. The summed E-state index contributed by atoms with van der Waals surface area (Å²) in [5.41, 5.74) is 0. The molecule has 0 aromatic rings. The van der Waals surface area contributed by atoms with E-state index in [0.717, 1.165) is 12.8 Å². The van der Waals surface area contributed by atoms with Crippen LogP contribution in [0.25, 0.3) is 0 Å². The minimum Gasteiger partial charge on any atom is -0.300 e. The molecule has 1 aliphatic rings. The molecule has 0 bridgehead atoms. The fourth-order valence-corrected chi connectivity index (χ4v) is 3.96. The third-order valence-corrected chi connectivity index (χ3v) is 5.24. The Balaban J connectivity index is 2.28. The zero-order chi connectivity index (χ0) is 8.32. The van der Waals surface area contributed by atoms with Gasteiger partial charge in [0, 0.05) is 17.9 Å². The van der Waals surface area contributed by atoms with Gasteiger partial charge in [0.25, 0.3) is 0 Å². The Kier molecular flexibility index (Phi) is 3.31. The summed E-state index contributed by atoms with van der Waals surface area (Å²) in [6.45, 7) is 3.92. The Bertz CT molecular complexity index is 150. The van der Waals surface area contributed by atoms with Gasteiger partial charge in [0.1, 0.15) is 5.78 Å². The van der Waals surface area contributed by atoms with Crippen LogP contribution in [-0.4, -0.2) is 21.4 Å². The van der Waals surface area contributed by atoms with Crippen molar-refractivity contribution >= 4 is 29.3 Å². The van der Waals surface area contributed by atoms with Crippen molar-refractivity contribution in [1.82, 2.24) is 0 Å². The lowest BCUT2D eigenvalue weighted by Crippen LogP contribution is -2.12. The van der Waals surface area contributed by atoms with Crippen LogP contribution in [-0.2, 0) is 4.79 Å². The summed E-state index contributed by atoms with van der Waals surface area (Å²) >= 11 is 3.99. The second kappa shape index (κ2) is 3.85. The maximum absolute atomic E-state index is 10.7. The number of ketones is 1. The van der Waals surface area contributed by atoms with Gasteiger partial charge in [-0.1, -0.05) is 0 Å². The third-order valence-electron chi connectivity index (χ3n) is 1.83. The molecule has 11 heavy (non-hydrogen) atoms. The quantitative estimate of drug-likeness (QED) is 0.681. The van der Waals surface area contributed by atoms with Crippen LogP contribution in [0.15, 0.2) is 0 Å². The Morgan fingerprint density at radius 2 is 2.00 bits per heavy atom. The van der Waals surface area contributed by atoms with Gasteiger partial charge < -0.3 is 4.79 Å². The molecule has 1 aliphatic heterocycles. The predicted octanol–water partition coefficient (Wildman–Crippen LogP) is 2.55. The number of Topliss-reactive ketones (excluding diaryl/α,β-unsaturated/α-hetero) is 1. The van der Waals surface area contributed by atoms with Gasteiger partial charge in [-0.25, -0.2) is 0 Å². The van der Waals surface area contributed by atoms with Crippen molar-refractivity contribution in [3.63, 3.8) is 0 Å². The molecule has 0 radical (unpaired) electrons. The van der Waals surface area contributed by atoms with Crippen LogP contribution in [0.5, 0.6) is 0 Å². The first-order valence-corrected chi connectivity index (χ1v) is 5.87. The summed E-state index contributed by atoms with van der Waals surface area (Å²) in [7, 11) is 0. The molecule has 64 valence electrons. The maximum atomic E-state index is 10.7. The van der Waals surface area contributed by atoms with Crippen molar-refractivity contribution in [2.45, 2.75) is 30.8 Å². The Morgan fingerprint density at radius 1 is 1.45 bits per heavy atom. The topological polar surface area (TPSA) is 17.1 Å². The predicted molar refractivity (Wildman–Crippen MR) is 53.2 cm³/mol. The zero-order valence-electron chi connectivity index (χ0n) is 7.05. The molecular formula is C8H14OS2. The molecule has 0 aliphatic carbocycles. The molecule has 0 aromatic heterocycles. The summed E-state index contributed by atoms with van der Waals surface area (Å²) in [6, 6.07) is 0. The Labute approximate surface area is 76.7 Å². The van der Waals surface area contributed by atoms with Gasteiger partial charge in [-0.15, -0.1) is 23.5 Å². The number of thioether (sulfide) groups is 2. The molecule has 0 saturated carbocycles. The molecule has 1 saturated heterocycles. The van der Waals surface area contributed by atoms with E-state index in [4.69, 9.17) is 0 Å². The summed E-state index contributed by atoms with van der Waals surface area (Å²) in [4.78, 5) is 10.7. The second-order valence-electron chi connectivity index (χ2n) is 3.03. The highest BCUT2D eigenvalue weighted by Gasteiger charge is 2.29. The lowest BCUT2D eigenvalue weighted by atomic mass is 10.2. The number of hydrogen-bond donors (Lipinski definition) is 0. The van der Waals surface area contributed by atoms with Gasteiger partial charge >= 0.3 is 0 Å². The van der Waals surface area contributed by atoms with Crippen molar-refractivity contribution < 1.29 is 4.79 Å². The van der Waals surface area contributed by atoms with E-state index in [1.165, 1.54) is 11.5 Å². The highest BCUT2D eigenvalue weighted by Crippen LogP contribution is 2.46. The first kappa shape index (κ1) is 9.46. The molecule has 1 fully saturated rings. The molecule has 0 aromatic carbocycles.